The van der Waals surface area contributed by atoms with Gasteiger partial charge in [-0.25, -0.2) is 0 Å². The largest absolute Gasteiger partial charge is 0.309 e. The molecule has 1 saturated heterocycles. The van der Waals surface area contributed by atoms with Crippen molar-refractivity contribution in [2.24, 2.45) is 0 Å². The molecule has 108 valence electrons. The molecule has 1 aromatic rings. The average Bonchev–Trinajstić information content (AvgIpc) is 2.83. The van der Waals surface area contributed by atoms with Crippen LogP contribution in [-0.4, -0.2) is 56.1 Å². The maximum Gasteiger partial charge on any atom is 0.0388 e. The molecule has 19 heavy (non-hydrogen) atoms. The molecule has 1 aliphatic rings. The van der Waals surface area contributed by atoms with E-state index in [-0.39, 0.29) is 0 Å². The highest BCUT2D eigenvalue weighted by Gasteiger charge is 2.13. The molecule has 1 atom stereocenters. The lowest BCUT2D eigenvalue weighted by Gasteiger charge is -2.32. The molecular weight excluding hydrogens is 254 g/mol. The molecule has 2 heterocycles. The van der Waals surface area contributed by atoms with Gasteiger partial charge in [0, 0.05) is 37.1 Å². The van der Waals surface area contributed by atoms with Crippen molar-refractivity contribution in [1.29, 1.82) is 0 Å². The Bertz CT molecular complexity index is 369. The number of aryl methyl sites for hydroxylation is 1. The number of hydrogen-bond donors (Lipinski definition) is 1. The minimum absolute atomic E-state index is 0.493. The van der Waals surface area contributed by atoms with Crippen molar-refractivity contribution in [2.45, 2.75) is 26.3 Å². The van der Waals surface area contributed by atoms with Crippen LogP contribution in [0.3, 0.4) is 0 Å². The van der Waals surface area contributed by atoms with Gasteiger partial charge in [0.05, 0.1) is 0 Å². The zero-order valence-corrected chi connectivity index (χ0v) is 13.3. The summed E-state index contributed by atoms with van der Waals surface area (Å²) in [6.45, 7) is 11.7. The minimum Gasteiger partial charge on any atom is -0.309 e. The van der Waals surface area contributed by atoms with E-state index in [1.54, 1.807) is 0 Å². The molecule has 1 N–H and O–H groups in total. The van der Waals surface area contributed by atoms with Gasteiger partial charge in [0.2, 0.25) is 0 Å². The van der Waals surface area contributed by atoms with E-state index in [4.69, 9.17) is 0 Å². The summed E-state index contributed by atoms with van der Waals surface area (Å²) in [5.74, 6) is 0. The normalized spacial score (nSPS) is 19.7. The Morgan fingerprint density at radius 3 is 2.68 bits per heavy atom. The smallest absolute Gasteiger partial charge is 0.0388 e. The second kappa shape index (κ2) is 7.39. The van der Waals surface area contributed by atoms with Crippen LogP contribution in [0.2, 0.25) is 0 Å². The van der Waals surface area contributed by atoms with Crippen molar-refractivity contribution in [3.05, 3.63) is 21.9 Å². The Labute approximate surface area is 121 Å². The van der Waals surface area contributed by atoms with Gasteiger partial charge in [-0.1, -0.05) is 0 Å². The molecule has 1 unspecified atom stereocenters. The molecule has 0 saturated carbocycles. The summed E-state index contributed by atoms with van der Waals surface area (Å²) in [4.78, 5) is 6.48. The van der Waals surface area contributed by atoms with Gasteiger partial charge in [-0.15, -0.1) is 11.3 Å². The van der Waals surface area contributed by atoms with Gasteiger partial charge in [-0.2, -0.15) is 0 Å². The van der Waals surface area contributed by atoms with Crippen LogP contribution in [0.15, 0.2) is 11.4 Å². The van der Waals surface area contributed by atoms with Crippen LogP contribution in [-0.2, 0) is 0 Å². The fraction of sp³-hybridized carbons (Fsp3) is 0.733. The zero-order valence-electron chi connectivity index (χ0n) is 12.5. The molecule has 1 aliphatic heterocycles. The number of hydrogen-bond acceptors (Lipinski definition) is 4. The Kier molecular flexibility index (Phi) is 5.82. The van der Waals surface area contributed by atoms with E-state index in [0.717, 1.165) is 6.54 Å². The molecule has 1 aromatic heterocycles. The Morgan fingerprint density at radius 1 is 1.32 bits per heavy atom. The van der Waals surface area contributed by atoms with Gasteiger partial charge in [0.25, 0.3) is 0 Å². The lowest BCUT2D eigenvalue weighted by Crippen LogP contribution is -2.45. The topological polar surface area (TPSA) is 18.5 Å². The second-order valence-electron chi connectivity index (χ2n) is 5.64. The van der Waals surface area contributed by atoms with E-state index in [2.05, 4.69) is 47.5 Å². The summed E-state index contributed by atoms with van der Waals surface area (Å²) in [6, 6.07) is 2.70. The predicted octanol–water partition coefficient (Wildman–Crippen LogP) is 2.34. The Balaban J connectivity index is 1.60. The molecule has 0 aromatic carbocycles. The lowest BCUT2D eigenvalue weighted by atomic mass is 10.2. The van der Waals surface area contributed by atoms with Crippen molar-refractivity contribution in [2.75, 3.05) is 46.3 Å². The first-order valence-corrected chi connectivity index (χ1v) is 8.23. The van der Waals surface area contributed by atoms with E-state index in [9.17, 15) is 0 Å². The van der Waals surface area contributed by atoms with Gasteiger partial charge in [0.1, 0.15) is 0 Å². The van der Waals surface area contributed by atoms with Crippen molar-refractivity contribution < 1.29 is 0 Å². The summed E-state index contributed by atoms with van der Waals surface area (Å²) >= 11 is 1.87. The molecule has 0 radical (unpaired) electrons. The minimum atomic E-state index is 0.493. The van der Waals surface area contributed by atoms with E-state index < -0.39 is 0 Å². The molecular formula is C15H27N3S. The summed E-state index contributed by atoms with van der Waals surface area (Å²) in [7, 11) is 2.21. The van der Waals surface area contributed by atoms with Crippen molar-refractivity contribution in [3.63, 3.8) is 0 Å². The summed E-state index contributed by atoms with van der Waals surface area (Å²) in [6.07, 6.45) is 1.25. The SMILES string of the molecule is Cc1ccsc1C(C)NCCCN1CCN(C)CC1. The van der Waals surface area contributed by atoms with Crippen LogP contribution in [0.1, 0.15) is 29.8 Å². The van der Waals surface area contributed by atoms with Gasteiger partial charge < -0.3 is 15.1 Å². The molecule has 1 fully saturated rings. The molecule has 0 bridgehead atoms. The van der Waals surface area contributed by atoms with Gasteiger partial charge in [-0.3, -0.25) is 0 Å². The molecule has 0 aliphatic carbocycles. The van der Waals surface area contributed by atoms with Crippen molar-refractivity contribution >= 4 is 11.3 Å². The molecule has 0 spiro atoms. The molecule has 3 nitrogen and oxygen atoms in total. The van der Waals surface area contributed by atoms with Gasteiger partial charge >= 0.3 is 0 Å². The lowest BCUT2D eigenvalue weighted by molar-refractivity contribution is 0.152. The van der Waals surface area contributed by atoms with Crippen LogP contribution in [0, 0.1) is 6.92 Å². The highest BCUT2D eigenvalue weighted by molar-refractivity contribution is 7.10. The maximum atomic E-state index is 3.65. The summed E-state index contributed by atoms with van der Waals surface area (Å²) < 4.78 is 0. The van der Waals surface area contributed by atoms with E-state index in [1.807, 2.05) is 11.3 Å². The third kappa shape index (κ3) is 4.56. The number of thiophene rings is 1. The van der Waals surface area contributed by atoms with Crippen LogP contribution in [0.4, 0.5) is 0 Å². The molecule has 0 amide bonds. The first kappa shape index (κ1) is 15.0. The van der Waals surface area contributed by atoms with Gasteiger partial charge in [0.15, 0.2) is 0 Å². The first-order valence-electron chi connectivity index (χ1n) is 7.35. The quantitative estimate of drug-likeness (QED) is 0.808. The third-order valence-electron chi connectivity index (χ3n) is 3.99. The van der Waals surface area contributed by atoms with Crippen molar-refractivity contribution in [1.82, 2.24) is 15.1 Å². The number of nitrogens with one attached hydrogen (secondary N) is 1. The monoisotopic (exact) mass is 281 g/mol. The third-order valence-corrected chi connectivity index (χ3v) is 5.19. The maximum absolute atomic E-state index is 3.65. The first-order chi connectivity index (χ1) is 9.16. The summed E-state index contributed by atoms with van der Waals surface area (Å²) in [5.41, 5.74) is 1.42. The average molecular weight is 281 g/mol. The molecule has 4 heteroatoms. The number of nitrogens with zero attached hydrogens (tertiary/aromatic N) is 2. The van der Waals surface area contributed by atoms with Crippen molar-refractivity contribution in [3.8, 4) is 0 Å². The Morgan fingerprint density at radius 2 is 2.05 bits per heavy atom. The van der Waals surface area contributed by atoms with E-state index in [0.29, 0.717) is 6.04 Å². The van der Waals surface area contributed by atoms with Gasteiger partial charge in [-0.05, 0) is 57.4 Å². The highest BCUT2D eigenvalue weighted by Crippen LogP contribution is 2.23. The van der Waals surface area contributed by atoms with Crippen LogP contribution in [0.25, 0.3) is 0 Å². The van der Waals surface area contributed by atoms with E-state index >= 15 is 0 Å². The fourth-order valence-electron chi connectivity index (χ4n) is 2.61. The zero-order chi connectivity index (χ0) is 13.7. The highest BCUT2D eigenvalue weighted by atomic mass is 32.1. The van der Waals surface area contributed by atoms with Crippen LogP contribution in [0.5, 0.6) is 0 Å². The second-order valence-corrected chi connectivity index (χ2v) is 6.59. The van der Waals surface area contributed by atoms with E-state index in [1.165, 1.54) is 49.6 Å². The number of likely N-dealkylation sites (N-methyl/N-ethyl adjacent to an activating group) is 1. The predicted molar refractivity (Wildman–Crippen MR) is 84.0 cm³/mol. The fourth-order valence-corrected chi connectivity index (χ4v) is 3.57. The number of piperazine rings is 1. The standard InChI is InChI=1S/C15H27N3S/c1-13-5-12-19-15(13)14(2)16-6-4-7-18-10-8-17(3)9-11-18/h5,12,14,16H,4,6-11H2,1-3H3. The van der Waals surface area contributed by atoms with Crippen LogP contribution >= 0.6 is 11.3 Å². The Hall–Kier alpha value is -0.420. The number of rotatable bonds is 6. The summed E-state index contributed by atoms with van der Waals surface area (Å²) in [5, 5.41) is 5.84. The van der Waals surface area contributed by atoms with Crippen LogP contribution < -0.4 is 5.32 Å². The molecule has 2 rings (SSSR count).